The lowest BCUT2D eigenvalue weighted by Crippen LogP contribution is -2.35. The Bertz CT molecular complexity index is 649. The second-order valence-corrected chi connectivity index (χ2v) is 7.86. The zero-order chi connectivity index (χ0) is 17.0. The fraction of sp³-hybridized carbons (Fsp3) is 0.533. The summed E-state index contributed by atoms with van der Waals surface area (Å²) in [5, 5.41) is 2.80. The first-order valence-electron chi connectivity index (χ1n) is 7.49. The lowest BCUT2D eigenvalue weighted by atomic mass is 10.2. The maximum Gasteiger partial charge on any atom is 0.249 e. The summed E-state index contributed by atoms with van der Waals surface area (Å²) in [6, 6.07) is 6.45. The number of carbonyl (C=O) groups excluding carboxylic acids is 1. The van der Waals surface area contributed by atoms with Crippen LogP contribution in [0.2, 0.25) is 0 Å². The van der Waals surface area contributed by atoms with Crippen LogP contribution in [-0.4, -0.2) is 51.5 Å². The molecule has 136 valence electrons. The van der Waals surface area contributed by atoms with Gasteiger partial charge in [-0.15, -0.1) is 12.4 Å². The minimum Gasteiger partial charge on any atom is -0.364 e. The first-order chi connectivity index (χ1) is 10.8. The van der Waals surface area contributed by atoms with Gasteiger partial charge < -0.3 is 15.8 Å². The molecule has 0 aliphatic carbocycles. The van der Waals surface area contributed by atoms with E-state index in [4.69, 9.17) is 10.5 Å². The molecule has 1 aromatic carbocycles. The van der Waals surface area contributed by atoms with Gasteiger partial charge in [-0.1, -0.05) is 12.1 Å². The number of halogens is 1. The Hall–Kier alpha value is -1.19. The Morgan fingerprint density at radius 1 is 1.29 bits per heavy atom. The summed E-state index contributed by atoms with van der Waals surface area (Å²) >= 11 is 0. The number of carbonyl (C=O) groups is 1. The van der Waals surface area contributed by atoms with Gasteiger partial charge in [0.1, 0.15) is 6.10 Å². The molecule has 3 N–H and O–H groups in total. The number of ether oxygens (including phenoxy) is 1. The highest BCUT2D eigenvalue weighted by Crippen LogP contribution is 2.19. The van der Waals surface area contributed by atoms with Gasteiger partial charge in [0.15, 0.2) is 0 Å². The summed E-state index contributed by atoms with van der Waals surface area (Å²) in [4.78, 5) is 12.2. The average molecular weight is 378 g/mol. The van der Waals surface area contributed by atoms with E-state index in [2.05, 4.69) is 5.32 Å². The number of sulfonamides is 1. The first-order valence-corrected chi connectivity index (χ1v) is 8.93. The summed E-state index contributed by atoms with van der Waals surface area (Å²) in [6.45, 7) is 0.750. The molecule has 1 aliphatic heterocycles. The zero-order valence-corrected chi connectivity index (χ0v) is 15.4. The van der Waals surface area contributed by atoms with Crippen LogP contribution in [0.4, 0.5) is 0 Å². The van der Waals surface area contributed by atoms with Crippen molar-refractivity contribution >= 4 is 28.3 Å². The van der Waals surface area contributed by atoms with Crippen LogP contribution in [0, 0.1) is 0 Å². The van der Waals surface area contributed by atoms with Gasteiger partial charge in [-0.05, 0) is 30.5 Å². The van der Waals surface area contributed by atoms with E-state index < -0.39 is 16.1 Å². The second kappa shape index (κ2) is 8.77. The maximum absolute atomic E-state index is 12.0. The Kier molecular flexibility index (Phi) is 7.62. The fourth-order valence-electron chi connectivity index (χ4n) is 2.37. The lowest BCUT2D eigenvalue weighted by molar-refractivity contribution is -0.132. The molecule has 2 atom stereocenters. The highest BCUT2D eigenvalue weighted by atomic mass is 35.5. The molecule has 2 rings (SSSR count). The van der Waals surface area contributed by atoms with Gasteiger partial charge in [-0.2, -0.15) is 0 Å². The van der Waals surface area contributed by atoms with E-state index >= 15 is 0 Å². The number of nitrogens with one attached hydrogen (secondary N) is 1. The highest BCUT2D eigenvalue weighted by Gasteiger charge is 2.29. The van der Waals surface area contributed by atoms with E-state index in [1.165, 1.54) is 26.2 Å². The van der Waals surface area contributed by atoms with Crippen molar-refractivity contribution in [2.24, 2.45) is 5.73 Å². The van der Waals surface area contributed by atoms with Gasteiger partial charge in [0, 0.05) is 27.2 Å². The molecule has 0 bridgehead atoms. The molecule has 0 spiro atoms. The average Bonchev–Trinajstić information content (AvgIpc) is 3.02. The van der Waals surface area contributed by atoms with Crippen molar-refractivity contribution in [1.82, 2.24) is 9.62 Å². The Morgan fingerprint density at radius 2 is 1.92 bits per heavy atom. The van der Waals surface area contributed by atoms with E-state index in [0.29, 0.717) is 19.5 Å². The molecule has 0 radical (unpaired) electrons. The Balaban J connectivity index is 0.00000288. The van der Waals surface area contributed by atoms with Gasteiger partial charge in [-0.3, -0.25) is 4.79 Å². The van der Waals surface area contributed by atoms with Crippen LogP contribution < -0.4 is 11.1 Å². The summed E-state index contributed by atoms with van der Waals surface area (Å²) in [7, 11) is -0.461. The van der Waals surface area contributed by atoms with Crippen molar-refractivity contribution in [3.8, 4) is 0 Å². The largest absolute Gasteiger partial charge is 0.364 e. The zero-order valence-electron chi connectivity index (χ0n) is 13.8. The number of hydrogen-bond acceptors (Lipinski definition) is 5. The maximum atomic E-state index is 12.0. The number of hydrogen-bond donors (Lipinski definition) is 2. The molecule has 1 amide bonds. The third-order valence-electron chi connectivity index (χ3n) is 3.83. The van der Waals surface area contributed by atoms with Crippen molar-refractivity contribution in [2.45, 2.75) is 36.5 Å². The molecule has 1 heterocycles. The van der Waals surface area contributed by atoms with Crippen LogP contribution in [0.15, 0.2) is 29.2 Å². The molecule has 0 unspecified atom stereocenters. The van der Waals surface area contributed by atoms with Crippen molar-refractivity contribution in [1.29, 1.82) is 0 Å². The molecule has 7 nitrogen and oxygen atoms in total. The van der Waals surface area contributed by atoms with Gasteiger partial charge >= 0.3 is 0 Å². The van der Waals surface area contributed by atoms with Crippen LogP contribution >= 0.6 is 12.4 Å². The molecule has 9 heteroatoms. The van der Waals surface area contributed by atoms with E-state index in [1.807, 2.05) is 0 Å². The molecular formula is C15H24ClN3O4S. The number of nitrogens with zero attached hydrogens (tertiary/aromatic N) is 1. The van der Waals surface area contributed by atoms with E-state index in [-0.39, 0.29) is 29.3 Å². The molecule has 1 aromatic rings. The summed E-state index contributed by atoms with van der Waals surface area (Å²) in [5.74, 6) is -0.161. The summed E-state index contributed by atoms with van der Waals surface area (Å²) in [5.41, 5.74) is 6.35. The Labute approximate surface area is 149 Å². The van der Waals surface area contributed by atoms with Crippen LogP contribution in [0.5, 0.6) is 0 Å². The summed E-state index contributed by atoms with van der Waals surface area (Å²) < 4.78 is 30.6. The quantitative estimate of drug-likeness (QED) is 0.750. The number of rotatable bonds is 6. The van der Waals surface area contributed by atoms with Crippen LogP contribution in [-0.2, 0) is 26.1 Å². The van der Waals surface area contributed by atoms with Crippen molar-refractivity contribution in [3.05, 3.63) is 29.8 Å². The Morgan fingerprint density at radius 3 is 2.42 bits per heavy atom. The molecule has 1 saturated heterocycles. The van der Waals surface area contributed by atoms with E-state index in [0.717, 1.165) is 16.3 Å². The van der Waals surface area contributed by atoms with Gasteiger partial charge in [0.2, 0.25) is 15.9 Å². The van der Waals surface area contributed by atoms with Crippen molar-refractivity contribution in [2.75, 3.05) is 20.6 Å². The highest BCUT2D eigenvalue weighted by molar-refractivity contribution is 7.89. The molecule has 0 saturated carbocycles. The normalized spacial score (nSPS) is 20.7. The van der Waals surface area contributed by atoms with Crippen molar-refractivity contribution < 1.29 is 17.9 Å². The predicted octanol–water partition coefficient (Wildman–Crippen LogP) is 0.481. The summed E-state index contributed by atoms with van der Waals surface area (Å²) in [6.07, 6.45) is 0.984. The van der Waals surface area contributed by atoms with Gasteiger partial charge in [-0.25, -0.2) is 12.7 Å². The number of benzene rings is 1. The van der Waals surface area contributed by atoms with Crippen LogP contribution in [0.1, 0.15) is 18.4 Å². The monoisotopic (exact) mass is 377 g/mol. The molecule has 1 fully saturated rings. The van der Waals surface area contributed by atoms with E-state index in [1.54, 1.807) is 12.1 Å². The molecular weight excluding hydrogens is 354 g/mol. The standard InChI is InChI=1S/C15H23N3O4S.ClH/c1-18(2)23(20,21)13-6-3-11(4-7-13)10-17-15(19)14-8-5-12(9-16)22-14;/h3-4,6-7,12,14H,5,8-10,16H2,1-2H3,(H,17,19);1H/t12-,14+;/m1./s1. The predicted molar refractivity (Wildman–Crippen MR) is 93.4 cm³/mol. The minimum atomic E-state index is -3.43. The van der Waals surface area contributed by atoms with Gasteiger partial charge in [0.25, 0.3) is 0 Å². The third kappa shape index (κ3) is 4.90. The SMILES string of the molecule is CN(C)S(=O)(=O)c1ccc(CNC(=O)[C@@H]2CC[C@H](CN)O2)cc1.Cl. The fourth-order valence-corrected chi connectivity index (χ4v) is 3.27. The molecule has 0 aromatic heterocycles. The first kappa shape index (κ1) is 20.9. The number of amides is 1. The number of nitrogens with two attached hydrogens (primary N) is 1. The minimum absolute atomic E-state index is 0. The topological polar surface area (TPSA) is 102 Å². The smallest absolute Gasteiger partial charge is 0.249 e. The van der Waals surface area contributed by atoms with Gasteiger partial charge in [0.05, 0.1) is 11.0 Å². The van der Waals surface area contributed by atoms with Crippen LogP contribution in [0.25, 0.3) is 0 Å². The molecule has 1 aliphatic rings. The second-order valence-electron chi connectivity index (χ2n) is 5.71. The van der Waals surface area contributed by atoms with Crippen molar-refractivity contribution in [3.63, 3.8) is 0 Å². The lowest BCUT2D eigenvalue weighted by Gasteiger charge is -2.14. The van der Waals surface area contributed by atoms with Crippen LogP contribution in [0.3, 0.4) is 0 Å². The third-order valence-corrected chi connectivity index (χ3v) is 5.66. The molecule has 24 heavy (non-hydrogen) atoms. The van der Waals surface area contributed by atoms with E-state index in [9.17, 15) is 13.2 Å².